The van der Waals surface area contributed by atoms with Crippen molar-refractivity contribution in [2.24, 2.45) is 5.92 Å². The SMILES string of the molecule is Cc1cc2c(C(C)C)cc(C3=CCCC(C(=O)CCn4ccnn4)C3)c(F)c2[nH]1. The molecular formula is C23H27FN4O. The maximum absolute atomic E-state index is 15.4. The second-order valence-corrected chi connectivity index (χ2v) is 8.31. The van der Waals surface area contributed by atoms with Crippen molar-refractivity contribution in [1.29, 1.82) is 0 Å². The van der Waals surface area contributed by atoms with Gasteiger partial charge < -0.3 is 4.98 Å². The molecule has 4 rings (SSSR count). The lowest BCUT2D eigenvalue weighted by Gasteiger charge is -2.23. The van der Waals surface area contributed by atoms with Gasteiger partial charge in [0, 0.05) is 41.7 Å². The fourth-order valence-corrected chi connectivity index (χ4v) is 4.32. The van der Waals surface area contributed by atoms with Crippen LogP contribution in [-0.2, 0) is 11.3 Å². The monoisotopic (exact) mass is 394 g/mol. The van der Waals surface area contributed by atoms with Crippen molar-refractivity contribution < 1.29 is 9.18 Å². The highest BCUT2D eigenvalue weighted by molar-refractivity contribution is 5.90. The Hall–Kier alpha value is -2.76. The summed E-state index contributed by atoms with van der Waals surface area (Å²) in [6.45, 7) is 6.75. The van der Waals surface area contributed by atoms with E-state index < -0.39 is 0 Å². The molecule has 1 aliphatic rings. The predicted octanol–water partition coefficient (Wildman–Crippen LogP) is 5.17. The Labute approximate surface area is 170 Å². The molecule has 2 heterocycles. The number of benzene rings is 1. The number of allylic oxidation sites excluding steroid dienone is 2. The summed E-state index contributed by atoms with van der Waals surface area (Å²) in [6, 6.07) is 4.01. The molecule has 0 radical (unpaired) electrons. The molecule has 1 aromatic carbocycles. The largest absolute Gasteiger partial charge is 0.356 e. The summed E-state index contributed by atoms with van der Waals surface area (Å²) >= 11 is 0. The van der Waals surface area contributed by atoms with Gasteiger partial charge in [0.05, 0.1) is 11.7 Å². The van der Waals surface area contributed by atoms with E-state index in [-0.39, 0.29) is 23.4 Å². The third-order valence-electron chi connectivity index (χ3n) is 5.87. The van der Waals surface area contributed by atoms with Crippen LogP contribution in [0.15, 0.2) is 30.6 Å². The standard InChI is InChI=1S/C23H27FN4O/c1-14(2)18-13-19(22(24)23-20(18)11-15(3)26-23)16-5-4-6-17(12-16)21(29)7-9-28-10-8-25-27-28/h5,8,10-11,13-14,17,26H,4,6-7,9,12H2,1-3H3. The molecule has 3 aromatic rings. The lowest BCUT2D eigenvalue weighted by atomic mass is 9.81. The number of ketones is 1. The van der Waals surface area contributed by atoms with Gasteiger partial charge in [-0.25, -0.2) is 4.39 Å². The highest BCUT2D eigenvalue weighted by atomic mass is 19.1. The van der Waals surface area contributed by atoms with E-state index in [1.807, 2.05) is 19.1 Å². The number of halogens is 1. The molecule has 1 aliphatic carbocycles. The van der Waals surface area contributed by atoms with Crippen molar-refractivity contribution in [1.82, 2.24) is 20.0 Å². The summed E-state index contributed by atoms with van der Waals surface area (Å²) < 4.78 is 17.1. The number of carbonyl (C=O) groups is 1. The first kappa shape index (κ1) is 19.6. The van der Waals surface area contributed by atoms with Crippen LogP contribution in [0.3, 0.4) is 0 Å². The summed E-state index contributed by atoms with van der Waals surface area (Å²) in [5.74, 6) is 0.227. The number of Topliss-reactive ketones (excluding diaryl/α,β-unsaturated/α-hetero) is 1. The summed E-state index contributed by atoms with van der Waals surface area (Å²) in [5, 5.41) is 8.64. The Kier molecular flexibility index (Phi) is 5.35. The summed E-state index contributed by atoms with van der Waals surface area (Å²) in [6.07, 6.45) is 8.11. The van der Waals surface area contributed by atoms with Crippen molar-refractivity contribution in [3.8, 4) is 0 Å². The van der Waals surface area contributed by atoms with Gasteiger partial charge in [0.25, 0.3) is 0 Å². The predicted molar refractivity (Wildman–Crippen MR) is 112 cm³/mol. The molecule has 0 saturated carbocycles. The van der Waals surface area contributed by atoms with E-state index in [0.717, 1.165) is 35.1 Å². The van der Waals surface area contributed by atoms with Gasteiger partial charge in [0.15, 0.2) is 5.82 Å². The second-order valence-electron chi connectivity index (χ2n) is 8.31. The summed E-state index contributed by atoms with van der Waals surface area (Å²) in [7, 11) is 0. The van der Waals surface area contributed by atoms with E-state index >= 15 is 4.39 Å². The van der Waals surface area contributed by atoms with Crippen LogP contribution < -0.4 is 0 Å². The van der Waals surface area contributed by atoms with Crippen LogP contribution in [0.4, 0.5) is 4.39 Å². The van der Waals surface area contributed by atoms with Crippen LogP contribution in [0, 0.1) is 18.7 Å². The molecular weight excluding hydrogens is 367 g/mol. The second kappa shape index (κ2) is 7.93. The van der Waals surface area contributed by atoms with E-state index in [0.29, 0.717) is 30.5 Å². The number of H-pyrrole nitrogens is 1. The average Bonchev–Trinajstić information content (AvgIpc) is 3.35. The van der Waals surface area contributed by atoms with Crippen LogP contribution in [0.2, 0.25) is 0 Å². The van der Waals surface area contributed by atoms with Gasteiger partial charge in [-0.05, 0) is 55.4 Å². The fraction of sp³-hybridized carbons (Fsp3) is 0.435. The number of hydrogen-bond donors (Lipinski definition) is 1. The number of hydrogen-bond acceptors (Lipinski definition) is 3. The van der Waals surface area contributed by atoms with E-state index in [4.69, 9.17) is 0 Å². The Balaban J connectivity index is 1.59. The molecule has 0 amide bonds. The molecule has 2 aromatic heterocycles. The highest BCUT2D eigenvalue weighted by Gasteiger charge is 2.26. The number of fused-ring (bicyclic) bond motifs is 1. The van der Waals surface area contributed by atoms with E-state index in [9.17, 15) is 4.79 Å². The molecule has 0 fully saturated rings. The third-order valence-corrected chi connectivity index (χ3v) is 5.87. The Bertz CT molecular complexity index is 1060. The minimum absolute atomic E-state index is 0.0681. The van der Waals surface area contributed by atoms with Crippen LogP contribution in [-0.4, -0.2) is 25.8 Å². The highest BCUT2D eigenvalue weighted by Crippen LogP contribution is 2.38. The van der Waals surface area contributed by atoms with Gasteiger partial charge in [-0.1, -0.05) is 25.1 Å². The number of rotatable bonds is 6. The smallest absolute Gasteiger partial charge is 0.154 e. The van der Waals surface area contributed by atoms with Crippen LogP contribution in [0.1, 0.15) is 62.3 Å². The quantitative estimate of drug-likeness (QED) is 0.627. The first-order valence-electron chi connectivity index (χ1n) is 10.3. The molecule has 29 heavy (non-hydrogen) atoms. The lowest BCUT2D eigenvalue weighted by Crippen LogP contribution is -2.19. The zero-order valence-corrected chi connectivity index (χ0v) is 17.2. The number of carbonyl (C=O) groups excluding carboxylic acids is 1. The first-order chi connectivity index (χ1) is 13.9. The topological polar surface area (TPSA) is 63.6 Å². The van der Waals surface area contributed by atoms with Gasteiger partial charge in [-0.3, -0.25) is 9.48 Å². The van der Waals surface area contributed by atoms with Gasteiger partial charge in [-0.2, -0.15) is 0 Å². The Morgan fingerprint density at radius 2 is 2.21 bits per heavy atom. The van der Waals surface area contributed by atoms with Gasteiger partial charge in [0.2, 0.25) is 0 Å². The molecule has 1 N–H and O–H groups in total. The molecule has 1 unspecified atom stereocenters. The van der Waals surface area contributed by atoms with Crippen LogP contribution >= 0.6 is 0 Å². The van der Waals surface area contributed by atoms with Gasteiger partial charge in [-0.15, -0.1) is 5.10 Å². The number of nitrogens with zero attached hydrogens (tertiary/aromatic N) is 3. The average molecular weight is 394 g/mol. The zero-order chi connectivity index (χ0) is 20.5. The number of aryl methyl sites for hydroxylation is 2. The third kappa shape index (κ3) is 3.88. The number of nitrogens with one attached hydrogen (secondary N) is 1. The Morgan fingerprint density at radius 3 is 2.93 bits per heavy atom. The van der Waals surface area contributed by atoms with Crippen molar-refractivity contribution in [2.75, 3.05) is 0 Å². The lowest BCUT2D eigenvalue weighted by molar-refractivity contribution is -0.123. The minimum Gasteiger partial charge on any atom is -0.356 e. The van der Waals surface area contributed by atoms with Gasteiger partial charge >= 0.3 is 0 Å². The number of aromatic nitrogens is 4. The fourth-order valence-electron chi connectivity index (χ4n) is 4.32. The first-order valence-corrected chi connectivity index (χ1v) is 10.3. The van der Waals surface area contributed by atoms with Crippen molar-refractivity contribution in [2.45, 2.75) is 58.9 Å². The van der Waals surface area contributed by atoms with Crippen molar-refractivity contribution >= 4 is 22.3 Å². The van der Waals surface area contributed by atoms with E-state index in [1.165, 1.54) is 0 Å². The molecule has 5 nitrogen and oxygen atoms in total. The molecule has 0 saturated heterocycles. The molecule has 0 bridgehead atoms. The van der Waals surface area contributed by atoms with Crippen LogP contribution in [0.5, 0.6) is 0 Å². The maximum atomic E-state index is 15.4. The van der Waals surface area contributed by atoms with Gasteiger partial charge in [0.1, 0.15) is 5.78 Å². The molecule has 152 valence electrons. The molecule has 0 spiro atoms. The minimum atomic E-state index is -0.209. The number of aromatic amines is 1. The Morgan fingerprint density at radius 1 is 1.38 bits per heavy atom. The zero-order valence-electron chi connectivity index (χ0n) is 17.2. The summed E-state index contributed by atoms with van der Waals surface area (Å²) in [4.78, 5) is 15.9. The van der Waals surface area contributed by atoms with Crippen LogP contribution in [0.25, 0.3) is 16.5 Å². The molecule has 1 atom stereocenters. The van der Waals surface area contributed by atoms with Crippen molar-refractivity contribution in [3.63, 3.8) is 0 Å². The normalized spacial score (nSPS) is 17.1. The molecule has 0 aliphatic heterocycles. The van der Waals surface area contributed by atoms with Crippen molar-refractivity contribution in [3.05, 3.63) is 53.2 Å². The van der Waals surface area contributed by atoms with E-state index in [1.54, 1.807) is 17.1 Å². The van der Waals surface area contributed by atoms with E-state index in [2.05, 4.69) is 35.2 Å². The molecule has 6 heteroatoms. The maximum Gasteiger partial charge on any atom is 0.154 e. The summed E-state index contributed by atoms with van der Waals surface area (Å²) in [5.41, 5.74) is 4.25.